The van der Waals surface area contributed by atoms with Crippen molar-refractivity contribution in [3.05, 3.63) is 65.7 Å². The van der Waals surface area contributed by atoms with Crippen LogP contribution in [0.15, 0.2) is 59.5 Å². The molecule has 1 unspecified atom stereocenters. The van der Waals surface area contributed by atoms with Gasteiger partial charge in [0.2, 0.25) is 9.84 Å². The molecule has 0 aromatic heterocycles. The quantitative estimate of drug-likeness (QED) is 0.846. The Balaban J connectivity index is 2.49. The number of hydrogen-bond acceptors (Lipinski definition) is 3. The number of aryl methyl sites for hydroxylation is 1. The van der Waals surface area contributed by atoms with E-state index in [9.17, 15) is 8.42 Å². The van der Waals surface area contributed by atoms with E-state index in [0.717, 1.165) is 5.56 Å². The highest BCUT2D eigenvalue weighted by atomic mass is 32.2. The van der Waals surface area contributed by atoms with Gasteiger partial charge in [-0.2, -0.15) is 0 Å². The molecule has 2 aromatic carbocycles. The first kappa shape index (κ1) is 15.5. The summed E-state index contributed by atoms with van der Waals surface area (Å²) in [6, 6.07) is 15.5. The normalized spacial score (nSPS) is 12.6. The highest BCUT2D eigenvalue weighted by molar-refractivity contribution is 7.91. The summed E-state index contributed by atoms with van der Waals surface area (Å²) in [4.78, 5) is 0.228. The third kappa shape index (κ3) is 3.59. The molecule has 0 saturated heterocycles. The van der Waals surface area contributed by atoms with Crippen LogP contribution in [0, 0.1) is 6.92 Å². The lowest BCUT2D eigenvalue weighted by molar-refractivity contribution is 0.577. The molecule has 2 aromatic rings. The van der Waals surface area contributed by atoms with Crippen molar-refractivity contribution in [1.82, 2.24) is 5.32 Å². The molecule has 0 amide bonds. The molecule has 3 N–H and O–H groups in total. The molecule has 0 aliphatic heterocycles. The van der Waals surface area contributed by atoms with Gasteiger partial charge >= 0.3 is 0 Å². The van der Waals surface area contributed by atoms with Crippen molar-refractivity contribution in [3.63, 3.8) is 0 Å². The number of nitrogens with two attached hydrogens (primary N) is 1. The Hall–Kier alpha value is -1.92. The third-order valence-electron chi connectivity index (χ3n) is 3.04. The second kappa shape index (κ2) is 6.24. The molecule has 0 radical (unpaired) electrons. The largest absolute Gasteiger partial charge is 0.376 e. The van der Waals surface area contributed by atoms with Gasteiger partial charge in [0.25, 0.3) is 0 Å². The zero-order valence-corrected chi connectivity index (χ0v) is 13.1. The third-order valence-corrected chi connectivity index (χ3v) is 5.09. The predicted octanol–water partition coefficient (Wildman–Crippen LogP) is 2.30. The van der Waals surface area contributed by atoms with Crippen molar-refractivity contribution < 1.29 is 8.42 Å². The molecule has 0 saturated carbocycles. The highest BCUT2D eigenvalue weighted by Gasteiger charge is 2.29. The molecule has 0 aliphatic carbocycles. The minimum atomic E-state index is -3.64. The van der Waals surface area contributed by atoms with Gasteiger partial charge in [-0.05, 0) is 36.8 Å². The monoisotopic (exact) mass is 320 g/mol. The molecule has 0 fully saturated rings. The number of sulfone groups is 1. The molecule has 0 spiro atoms. The number of rotatable bonds is 4. The highest BCUT2D eigenvalue weighted by Crippen LogP contribution is 2.26. The predicted molar refractivity (Wildman–Crippen MR) is 87.5 cm³/mol. The summed E-state index contributed by atoms with van der Waals surface area (Å²) in [5, 5.41) is 1.61. The average Bonchev–Trinajstić information content (AvgIpc) is 2.46. The minimum Gasteiger partial charge on any atom is -0.376 e. The van der Waals surface area contributed by atoms with Gasteiger partial charge < -0.3 is 11.1 Å². The van der Waals surface area contributed by atoms with Crippen LogP contribution in [0.25, 0.3) is 0 Å². The van der Waals surface area contributed by atoms with Crippen molar-refractivity contribution >= 4 is 27.2 Å². The van der Waals surface area contributed by atoms with E-state index >= 15 is 0 Å². The van der Waals surface area contributed by atoms with Gasteiger partial charge in [0.15, 0.2) is 10.5 Å². The fourth-order valence-corrected chi connectivity index (χ4v) is 3.74. The maximum atomic E-state index is 12.8. The van der Waals surface area contributed by atoms with E-state index in [4.69, 9.17) is 18.0 Å². The van der Waals surface area contributed by atoms with Crippen molar-refractivity contribution in [2.45, 2.75) is 17.2 Å². The fraction of sp³-hybridized carbons (Fsp3) is 0.133. The number of nitrogens with one attached hydrogen (secondary N) is 1. The second-order valence-electron chi connectivity index (χ2n) is 4.66. The molecule has 0 bridgehead atoms. The smallest absolute Gasteiger partial charge is 0.203 e. The lowest BCUT2D eigenvalue weighted by Crippen LogP contribution is -2.37. The molecular weight excluding hydrogens is 304 g/mol. The Morgan fingerprint density at radius 1 is 1.10 bits per heavy atom. The Morgan fingerprint density at radius 2 is 1.67 bits per heavy atom. The van der Waals surface area contributed by atoms with Crippen molar-refractivity contribution in [2.24, 2.45) is 5.73 Å². The van der Waals surface area contributed by atoms with Gasteiger partial charge in [0.1, 0.15) is 0 Å². The molecule has 0 aliphatic rings. The molecule has 6 heteroatoms. The summed E-state index contributed by atoms with van der Waals surface area (Å²) in [7, 11) is -3.64. The van der Waals surface area contributed by atoms with Crippen LogP contribution in [0.4, 0.5) is 0 Å². The lowest BCUT2D eigenvalue weighted by atomic mass is 10.2. The van der Waals surface area contributed by atoms with Gasteiger partial charge in [0, 0.05) is 0 Å². The summed E-state index contributed by atoms with van der Waals surface area (Å²) >= 11 is 4.81. The van der Waals surface area contributed by atoms with Gasteiger partial charge in [-0.15, -0.1) is 0 Å². The Morgan fingerprint density at radius 3 is 2.19 bits per heavy atom. The Labute approximate surface area is 129 Å². The summed E-state index contributed by atoms with van der Waals surface area (Å²) in [6.45, 7) is 1.90. The molecule has 4 nitrogen and oxygen atoms in total. The van der Waals surface area contributed by atoms with E-state index in [1.165, 1.54) is 0 Å². The zero-order chi connectivity index (χ0) is 15.5. The van der Waals surface area contributed by atoms with Crippen LogP contribution in [-0.2, 0) is 9.84 Å². The van der Waals surface area contributed by atoms with Gasteiger partial charge in [-0.3, -0.25) is 0 Å². The summed E-state index contributed by atoms with van der Waals surface area (Å²) in [5.41, 5.74) is 7.07. The number of hydrogen-bond donors (Lipinski definition) is 2. The van der Waals surface area contributed by atoms with E-state index in [1.807, 2.05) is 13.0 Å². The van der Waals surface area contributed by atoms with Crippen molar-refractivity contribution in [2.75, 3.05) is 0 Å². The van der Waals surface area contributed by atoms with E-state index in [0.29, 0.717) is 5.56 Å². The number of benzene rings is 2. The first-order chi connectivity index (χ1) is 9.91. The van der Waals surface area contributed by atoms with Crippen molar-refractivity contribution in [1.29, 1.82) is 0 Å². The molecule has 2 rings (SSSR count). The van der Waals surface area contributed by atoms with Crippen LogP contribution < -0.4 is 11.1 Å². The second-order valence-corrected chi connectivity index (χ2v) is 7.13. The van der Waals surface area contributed by atoms with Crippen LogP contribution in [0.2, 0.25) is 0 Å². The van der Waals surface area contributed by atoms with Gasteiger partial charge in [0.05, 0.1) is 4.90 Å². The first-order valence-corrected chi connectivity index (χ1v) is 8.28. The van der Waals surface area contributed by atoms with Crippen molar-refractivity contribution in [3.8, 4) is 0 Å². The van der Waals surface area contributed by atoms with Crippen LogP contribution >= 0.6 is 12.2 Å². The molecule has 0 heterocycles. The summed E-state index contributed by atoms with van der Waals surface area (Å²) in [6.07, 6.45) is 0. The molecule has 110 valence electrons. The van der Waals surface area contributed by atoms with E-state index in [1.54, 1.807) is 48.5 Å². The standard InChI is InChI=1S/C15H16N2O2S2/c1-11-7-9-13(10-8-11)21(18,19)14(17-15(16)20)12-5-3-2-4-6-12/h2-10,14H,1H3,(H3,16,17,20). The topological polar surface area (TPSA) is 72.2 Å². The maximum Gasteiger partial charge on any atom is 0.203 e. The van der Waals surface area contributed by atoms with Crippen LogP contribution in [-0.4, -0.2) is 13.5 Å². The Bertz CT molecular complexity index is 726. The minimum absolute atomic E-state index is 0.0560. The van der Waals surface area contributed by atoms with Gasteiger partial charge in [-0.25, -0.2) is 8.42 Å². The van der Waals surface area contributed by atoms with Gasteiger partial charge in [-0.1, -0.05) is 48.0 Å². The summed E-state index contributed by atoms with van der Waals surface area (Å²) < 4.78 is 25.6. The Kier molecular flexibility index (Phi) is 4.59. The molecule has 21 heavy (non-hydrogen) atoms. The van der Waals surface area contributed by atoms with E-state index < -0.39 is 15.2 Å². The summed E-state index contributed by atoms with van der Waals surface area (Å²) in [5.74, 6) is 0. The number of thiocarbonyl (C=S) groups is 1. The van der Waals surface area contributed by atoms with Crippen LogP contribution in [0.5, 0.6) is 0 Å². The fourth-order valence-electron chi connectivity index (χ4n) is 1.96. The average molecular weight is 320 g/mol. The van der Waals surface area contributed by atoms with Crippen LogP contribution in [0.1, 0.15) is 16.5 Å². The van der Waals surface area contributed by atoms with E-state index in [-0.39, 0.29) is 10.0 Å². The zero-order valence-electron chi connectivity index (χ0n) is 11.5. The maximum absolute atomic E-state index is 12.8. The van der Waals surface area contributed by atoms with E-state index in [2.05, 4.69) is 5.32 Å². The van der Waals surface area contributed by atoms with Crippen LogP contribution in [0.3, 0.4) is 0 Å². The molecule has 1 atom stereocenters. The molecular formula is C15H16N2O2S2. The first-order valence-electron chi connectivity index (χ1n) is 6.33. The SMILES string of the molecule is Cc1ccc(S(=O)(=O)C(NC(N)=S)c2ccccc2)cc1. The lowest BCUT2D eigenvalue weighted by Gasteiger charge is -2.20.